The van der Waals surface area contributed by atoms with Crippen molar-refractivity contribution in [1.29, 1.82) is 0 Å². The zero-order valence-corrected chi connectivity index (χ0v) is 14.5. The van der Waals surface area contributed by atoms with Crippen molar-refractivity contribution in [3.63, 3.8) is 0 Å². The smallest absolute Gasteiger partial charge is 0.211 e. The molecule has 0 atom stereocenters. The first-order valence-corrected chi connectivity index (χ1v) is 9.62. The maximum atomic E-state index is 12.1. The Morgan fingerprint density at radius 1 is 1.00 bits per heavy atom. The van der Waals surface area contributed by atoms with Crippen molar-refractivity contribution in [3.05, 3.63) is 66.0 Å². The quantitative estimate of drug-likeness (QED) is 0.716. The second kappa shape index (κ2) is 7.15. The number of fused-ring (bicyclic) bond motifs is 1. The average Bonchev–Trinajstić information content (AvgIpc) is 2.91. The zero-order valence-electron chi connectivity index (χ0n) is 13.6. The van der Waals surface area contributed by atoms with E-state index in [2.05, 4.69) is 9.71 Å². The molecule has 0 aliphatic rings. The number of nitrogens with one attached hydrogen (secondary N) is 1. The zero-order chi connectivity index (χ0) is 17.0. The largest absolute Gasteiger partial charge is 0.331 e. The molecule has 0 saturated heterocycles. The van der Waals surface area contributed by atoms with Crippen molar-refractivity contribution in [2.24, 2.45) is 7.05 Å². The summed E-state index contributed by atoms with van der Waals surface area (Å²) in [6, 6.07) is 17.5. The van der Waals surface area contributed by atoms with E-state index in [1.807, 2.05) is 66.2 Å². The fourth-order valence-corrected chi connectivity index (χ4v) is 3.77. The van der Waals surface area contributed by atoms with Gasteiger partial charge in [0.15, 0.2) is 0 Å². The monoisotopic (exact) mass is 343 g/mol. The van der Waals surface area contributed by atoms with Gasteiger partial charge in [-0.3, -0.25) is 0 Å². The van der Waals surface area contributed by atoms with Gasteiger partial charge in [0.05, 0.1) is 16.8 Å². The summed E-state index contributed by atoms with van der Waals surface area (Å²) in [5, 5.41) is 0. The molecule has 1 aromatic heterocycles. The van der Waals surface area contributed by atoms with E-state index in [0.29, 0.717) is 19.4 Å². The Bertz CT molecular complexity index is 918. The molecule has 0 bridgehead atoms. The lowest BCUT2D eigenvalue weighted by atomic mass is 10.2. The van der Waals surface area contributed by atoms with Gasteiger partial charge in [-0.2, -0.15) is 0 Å². The second-order valence-electron chi connectivity index (χ2n) is 5.77. The van der Waals surface area contributed by atoms with E-state index in [-0.39, 0.29) is 5.75 Å². The summed E-state index contributed by atoms with van der Waals surface area (Å²) in [6.45, 7) is 0.355. The number of benzene rings is 2. The third kappa shape index (κ3) is 4.01. The maximum Gasteiger partial charge on any atom is 0.211 e. The third-order valence-corrected chi connectivity index (χ3v) is 5.44. The molecule has 5 nitrogen and oxygen atoms in total. The van der Waals surface area contributed by atoms with Crippen LogP contribution in [0.15, 0.2) is 54.6 Å². The summed E-state index contributed by atoms with van der Waals surface area (Å²) >= 11 is 0. The summed E-state index contributed by atoms with van der Waals surface area (Å²) in [6.07, 6.45) is 1.08. The Hall–Kier alpha value is -2.18. The number of rotatable bonds is 7. The minimum absolute atomic E-state index is 0.0968. The van der Waals surface area contributed by atoms with Gasteiger partial charge in [-0.25, -0.2) is 18.1 Å². The van der Waals surface area contributed by atoms with Gasteiger partial charge in [-0.1, -0.05) is 42.5 Å². The molecule has 0 spiro atoms. The molecule has 24 heavy (non-hydrogen) atoms. The highest BCUT2D eigenvalue weighted by Crippen LogP contribution is 2.14. The number of aromatic nitrogens is 2. The maximum absolute atomic E-state index is 12.1. The Morgan fingerprint density at radius 3 is 2.46 bits per heavy atom. The van der Waals surface area contributed by atoms with Crippen LogP contribution in [0, 0.1) is 0 Å². The Balaban J connectivity index is 1.55. The molecule has 1 N–H and O–H groups in total. The number of para-hydroxylation sites is 2. The van der Waals surface area contributed by atoms with E-state index >= 15 is 0 Å². The van der Waals surface area contributed by atoms with Gasteiger partial charge >= 0.3 is 0 Å². The second-order valence-corrected chi connectivity index (χ2v) is 7.70. The van der Waals surface area contributed by atoms with Crippen molar-refractivity contribution in [2.75, 3.05) is 12.3 Å². The van der Waals surface area contributed by atoms with Crippen molar-refractivity contribution >= 4 is 21.1 Å². The molecule has 0 fully saturated rings. The number of aryl methyl sites for hydroxylation is 2. The van der Waals surface area contributed by atoms with Gasteiger partial charge in [-0.15, -0.1) is 0 Å². The van der Waals surface area contributed by atoms with E-state index in [0.717, 1.165) is 22.4 Å². The molecule has 6 heteroatoms. The van der Waals surface area contributed by atoms with Crippen LogP contribution in [-0.4, -0.2) is 30.3 Å². The molecule has 0 aliphatic carbocycles. The Morgan fingerprint density at radius 2 is 1.71 bits per heavy atom. The minimum Gasteiger partial charge on any atom is -0.331 e. The molecule has 1 heterocycles. The Kier molecular flexibility index (Phi) is 4.97. The predicted molar refractivity (Wildman–Crippen MR) is 96.4 cm³/mol. The van der Waals surface area contributed by atoms with Crippen molar-refractivity contribution in [3.8, 4) is 0 Å². The van der Waals surface area contributed by atoms with Gasteiger partial charge in [0.2, 0.25) is 10.0 Å². The molecule has 0 aliphatic heterocycles. The molecule has 0 amide bonds. The summed E-state index contributed by atoms with van der Waals surface area (Å²) in [5.41, 5.74) is 3.01. The molecule has 126 valence electrons. The van der Waals surface area contributed by atoms with Crippen molar-refractivity contribution in [2.45, 2.75) is 12.8 Å². The van der Waals surface area contributed by atoms with Crippen LogP contribution < -0.4 is 4.72 Å². The fourth-order valence-electron chi connectivity index (χ4n) is 2.71. The van der Waals surface area contributed by atoms with Crippen molar-refractivity contribution < 1.29 is 8.42 Å². The van der Waals surface area contributed by atoms with Gasteiger partial charge in [-0.05, 0) is 24.1 Å². The Labute approximate surface area is 142 Å². The van der Waals surface area contributed by atoms with Gasteiger partial charge in [0.1, 0.15) is 5.82 Å². The number of imidazole rings is 1. The third-order valence-electron chi connectivity index (χ3n) is 4.05. The highest BCUT2D eigenvalue weighted by Gasteiger charge is 2.12. The summed E-state index contributed by atoms with van der Waals surface area (Å²) in [5.74, 6) is 0.974. The molecule has 2 aromatic carbocycles. The van der Waals surface area contributed by atoms with Crippen LogP contribution in [0.3, 0.4) is 0 Å². The minimum atomic E-state index is -3.28. The molecule has 3 aromatic rings. The fraction of sp³-hybridized carbons (Fsp3) is 0.278. The average molecular weight is 343 g/mol. The molecule has 0 unspecified atom stereocenters. The van der Waals surface area contributed by atoms with E-state index in [1.165, 1.54) is 0 Å². The van der Waals surface area contributed by atoms with E-state index in [1.54, 1.807) is 0 Å². The molecule has 0 radical (unpaired) electrons. The first-order valence-electron chi connectivity index (χ1n) is 7.97. The van der Waals surface area contributed by atoms with Crippen LogP contribution in [0.25, 0.3) is 11.0 Å². The van der Waals surface area contributed by atoms with Crippen LogP contribution in [0.5, 0.6) is 0 Å². The lowest BCUT2D eigenvalue weighted by Gasteiger charge is -2.07. The van der Waals surface area contributed by atoms with Gasteiger partial charge in [0.25, 0.3) is 0 Å². The molecule has 0 saturated carbocycles. The highest BCUT2D eigenvalue weighted by molar-refractivity contribution is 7.89. The standard InChI is InChI=1S/C18H21N3O2S/c1-21-17-10-6-5-9-16(17)20-18(21)11-13-19-24(22,23)14-12-15-7-3-2-4-8-15/h2-10,19H,11-14H2,1H3. The normalized spacial score (nSPS) is 11.9. The van der Waals surface area contributed by atoms with Crippen LogP contribution >= 0.6 is 0 Å². The van der Waals surface area contributed by atoms with Crippen LogP contribution in [0.1, 0.15) is 11.4 Å². The predicted octanol–water partition coefficient (Wildman–Crippen LogP) is 2.28. The van der Waals surface area contributed by atoms with Crippen molar-refractivity contribution in [1.82, 2.24) is 14.3 Å². The van der Waals surface area contributed by atoms with Crippen LogP contribution in [0.2, 0.25) is 0 Å². The number of hydrogen-bond donors (Lipinski definition) is 1. The van der Waals surface area contributed by atoms with Gasteiger partial charge < -0.3 is 4.57 Å². The number of hydrogen-bond acceptors (Lipinski definition) is 3. The van der Waals surface area contributed by atoms with Crippen LogP contribution in [0.4, 0.5) is 0 Å². The first kappa shape index (κ1) is 16.7. The van der Waals surface area contributed by atoms with E-state index in [4.69, 9.17) is 0 Å². The topological polar surface area (TPSA) is 64.0 Å². The van der Waals surface area contributed by atoms with Gasteiger partial charge in [0, 0.05) is 20.0 Å². The lowest BCUT2D eigenvalue weighted by molar-refractivity contribution is 0.579. The first-order chi connectivity index (χ1) is 11.6. The van der Waals surface area contributed by atoms with E-state index < -0.39 is 10.0 Å². The summed E-state index contributed by atoms with van der Waals surface area (Å²) in [4.78, 5) is 4.55. The lowest BCUT2D eigenvalue weighted by Crippen LogP contribution is -2.29. The highest BCUT2D eigenvalue weighted by atomic mass is 32.2. The number of sulfonamides is 1. The molecular weight excluding hydrogens is 322 g/mol. The molecular formula is C18H21N3O2S. The summed E-state index contributed by atoms with van der Waals surface area (Å²) < 4.78 is 28.9. The van der Waals surface area contributed by atoms with Crippen LogP contribution in [-0.2, 0) is 29.9 Å². The molecule has 3 rings (SSSR count). The van der Waals surface area contributed by atoms with E-state index in [9.17, 15) is 8.42 Å². The SMILES string of the molecule is Cn1c(CCNS(=O)(=O)CCc2ccccc2)nc2ccccc21. The number of nitrogens with zero attached hydrogens (tertiary/aromatic N) is 2. The summed E-state index contributed by atoms with van der Waals surface area (Å²) in [7, 11) is -1.33.